The number of nitrogens with zero attached hydrogens (tertiary/aromatic N) is 1. The second-order valence-corrected chi connectivity index (χ2v) is 5.65. The standard InChI is InChI=1S/C13H18INO/c1-9(2)15(10(3)4)13(16)11-5-7-12(14)8-6-11/h5-10H,1-4H3. The van der Waals surface area contributed by atoms with Crippen LogP contribution >= 0.6 is 22.6 Å². The van der Waals surface area contributed by atoms with Gasteiger partial charge in [-0.15, -0.1) is 0 Å². The van der Waals surface area contributed by atoms with Gasteiger partial charge in [0.25, 0.3) is 5.91 Å². The Balaban J connectivity index is 2.95. The van der Waals surface area contributed by atoms with Crippen molar-refractivity contribution in [3.63, 3.8) is 0 Å². The van der Waals surface area contributed by atoms with Crippen molar-refractivity contribution in [2.24, 2.45) is 0 Å². The highest BCUT2D eigenvalue weighted by atomic mass is 127. The van der Waals surface area contributed by atoms with Crippen LogP contribution in [0.15, 0.2) is 24.3 Å². The van der Waals surface area contributed by atoms with Crippen molar-refractivity contribution in [1.82, 2.24) is 4.90 Å². The molecule has 0 spiro atoms. The average molecular weight is 331 g/mol. The maximum absolute atomic E-state index is 12.3. The number of benzene rings is 1. The molecule has 3 heteroatoms. The second-order valence-electron chi connectivity index (χ2n) is 4.41. The van der Waals surface area contributed by atoms with Gasteiger partial charge < -0.3 is 4.90 Å². The zero-order chi connectivity index (χ0) is 12.3. The fraction of sp³-hybridized carbons (Fsp3) is 0.462. The SMILES string of the molecule is CC(C)N(C(=O)c1ccc(I)cc1)C(C)C. The summed E-state index contributed by atoms with van der Waals surface area (Å²) in [6.45, 7) is 8.18. The van der Waals surface area contributed by atoms with Crippen molar-refractivity contribution in [1.29, 1.82) is 0 Å². The van der Waals surface area contributed by atoms with Gasteiger partial charge >= 0.3 is 0 Å². The van der Waals surface area contributed by atoms with Gasteiger partial charge in [-0.05, 0) is 74.6 Å². The Hall–Kier alpha value is -0.580. The quantitative estimate of drug-likeness (QED) is 0.776. The van der Waals surface area contributed by atoms with E-state index < -0.39 is 0 Å². The molecule has 0 unspecified atom stereocenters. The highest BCUT2D eigenvalue weighted by Gasteiger charge is 2.21. The van der Waals surface area contributed by atoms with Crippen LogP contribution < -0.4 is 0 Å². The van der Waals surface area contributed by atoms with Crippen LogP contribution in [-0.4, -0.2) is 22.9 Å². The summed E-state index contributed by atoms with van der Waals surface area (Å²) in [5.41, 5.74) is 0.766. The Morgan fingerprint density at radius 3 is 1.88 bits per heavy atom. The first kappa shape index (κ1) is 13.5. The zero-order valence-electron chi connectivity index (χ0n) is 10.2. The summed E-state index contributed by atoms with van der Waals surface area (Å²) in [7, 11) is 0. The van der Waals surface area contributed by atoms with Crippen LogP contribution in [0.1, 0.15) is 38.1 Å². The molecule has 0 aliphatic rings. The van der Waals surface area contributed by atoms with Gasteiger partial charge in [0.1, 0.15) is 0 Å². The fourth-order valence-corrected chi connectivity index (χ4v) is 2.17. The molecule has 2 nitrogen and oxygen atoms in total. The Labute approximate surface area is 111 Å². The summed E-state index contributed by atoms with van der Waals surface area (Å²) in [5, 5.41) is 0. The summed E-state index contributed by atoms with van der Waals surface area (Å²) < 4.78 is 1.15. The molecule has 1 amide bonds. The summed E-state index contributed by atoms with van der Waals surface area (Å²) in [5.74, 6) is 0.112. The third-order valence-electron chi connectivity index (χ3n) is 2.44. The molecular formula is C13H18INO. The number of carbonyl (C=O) groups excluding carboxylic acids is 1. The lowest BCUT2D eigenvalue weighted by atomic mass is 10.1. The molecule has 0 aliphatic carbocycles. The topological polar surface area (TPSA) is 20.3 Å². The van der Waals surface area contributed by atoms with E-state index in [2.05, 4.69) is 22.6 Å². The third kappa shape index (κ3) is 3.20. The Morgan fingerprint density at radius 1 is 1.06 bits per heavy atom. The minimum absolute atomic E-state index is 0.112. The Morgan fingerprint density at radius 2 is 1.50 bits per heavy atom. The molecule has 0 aromatic heterocycles. The third-order valence-corrected chi connectivity index (χ3v) is 3.16. The highest BCUT2D eigenvalue weighted by molar-refractivity contribution is 14.1. The molecule has 16 heavy (non-hydrogen) atoms. The first-order chi connectivity index (χ1) is 7.43. The molecule has 0 N–H and O–H groups in total. The number of amides is 1. The maximum Gasteiger partial charge on any atom is 0.254 e. The van der Waals surface area contributed by atoms with Gasteiger partial charge in [-0.1, -0.05) is 0 Å². The fourth-order valence-electron chi connectivity index (χ4n) is 1.81. The lowest BCUT2D eigenvalue weighted by Crippen LogP contribution is -2.42. The molecule has 0 bridgehead atoms. The molecule has 0 saturated carbocycles. The van der Waals surface area contributed by atoms with Crippen LogP contribution in [0.2, 0.25) is 0 Å². The van der Waals surface area contributed by atoms with E-state index in [9.17, 15) is 4.79 Å². The molecule has 0 fully saturated rings. The molecular weight excluding hydrogens is 313 g/mol. The molecule has 1 rings (SSSR count). The molecule has 1 aromatic rings. The second kappa shape index (κ2) is 5.66. The predicted octanol–water partition coefficient (Wildman–Crippen LogP) is 3.55. The number of hydrogen-bond acceptors (Lipinski definition) is 1. The minimum Gasteiger partial charge on any atom is -0.334 e. The van der Waals surface area contributed by atoms with Crippen LogP contribution in [0.3, 0.4) is 0 Å². The van der Waals surface area contributed by atoms with Gasteiger partial charge in [0.2, 0.25) is 0 Å². The van der Waals surface area contributed by atoms with Crippen molar-refractivity contribution < 1.29 is 4.79 Å². The van der Waals surface area contributed by atoms with Gasteiger partial charge in [0.15, 0.2) is 0 Å². The van der Waals surface area contributed by atoms with Crippen molar-refractivity contribution in [3.8, 4) is 0 Å². The van der Waals surface area contributed by atoms with E-state index in [1.165, 1.54) is 0 Å². The van der Waals surface area contributed by atoms with E-state index >= 15 is 0 Å². The normalized spacial score (nSPS) is 10.9. The molecule has 88 valence electrons. The number of rotatable bonds is 3. The maximum atomic E-state index is 12.3. The van der Waals surface area contributed by atoms with Crippen LogP contribution in [0.25, 0.3) is 0 Å². The average Bonchev–Trinajstić information content (AvgIpc) is 2.17. The van der Waals surface area contributed by atoms with Crippen molar-refractivity contribution in [3.05, 3.63) is 33.4 Å². The van der Waals surface area contributed by atoms with Crippen LogP contribution in [-0.2, 0) is 0 Å². The van der Waals surface area contributed by atoms with Gasteiger partial charge in [-0.2, -0.15) is 0 Å². The van der Waals surface area contributed by atoms with Gasteiger partial charge in [-0.25, -0.2) is 0 Å². The van der Waals surface area contributed by atoms with Crippen LogP contribution in [0.5, 0.6) is 0 Å². The molecule has 0 atom stereocenters. The van der Waals surface area contributed by atoms with Crippen LogP contribution in [0.4, 0.5) is 0 Å². The van der Waals surface area contributed by atoms with E-state index in [0.29, 0.717) is 0 Å². The number of carbonyl (C=O) groups is 1. The molecule has 0 saturated heterocycles. The monoisotopic (exact) mass is 331 g/mol. The Bertz CT molecular complexity index is 349. The summed E-state index contributed by atoms with van der Waals surface area (Å²) in [6.07, 6.45) is 0. The molecule has 0 radical (unpaired) electrons. The van der Waals surface area contributed by atoms with E-state index in [1.54, 1.807) is 0 Å². The largest absolute Gasteiger partial charge is 0.334 e. The number of halogens is 1. The van der Waals surface area contributed by atoms with E-state index in [0.717, 1.165) is 9.13 Å². The van der Waals surface area contributed by atoms with Crippen molar-refractivity contribution in [2.75, 3.05) is 0 Å². The highest BCUT2D eigenvalue weighted by Crippen LogP contribution is 2.13. The van der Waals surface area contributed by atoms with E-state index in [1.807, 2.05) is 56.9 Å². The van der Waals surface area contributed by atoms with Crippen LogP contribution in [0, 0.1) is 3.57 Å². The molecule has 0 heterocycles. The first-order valence-electron chi connectivity index (χ1n) is 5.51. The van der Waals surface area contributed by atoms with Gasteiger partial charge in [0.05, 0.1) is 0 Å². The predicted molar refractivity (Wildman–Crippen MR) is 75.6 cm³/mol. The number of hydrogen-bond donors (Lipinski definition) is 0. The van der Waals surface area contributed by atoms with Gasteiger partial charge in [0, 0.05) is 21.2 Å². The van der Waals surface area contributed by atoms with Crippen molar-refractivity contribution >= 4 is 28.5 Å². The lowest BCUT2D eigenvalue weighted by molar-refractivity contribution is 0.0643. The first-order valence-corrected chi connectivity index (χ1v) is 6.59. The smallest absolute Gasteiger partial charge is 0.254 e. The minimum atomic E-state index is 0.112. The molecule has 0 aliphatic heterocycles. The lowest BCUT2D eigenvalue weighted by Gasteiger charge is -2.30. The summed E-state index contributed by atoms with van der Waals surface area (Å²) in [4.78, 5) is 14.2. The summed E-state index contributed by atoms with van der Waals surface area (Å²) >= 11 is 2.24. The zero-order valence-corrected chi connectivity index (χ0v) is 12.4. The Kier molecular flexibility index (Phi) is 4.77. The molecule has 1 aromatic carbocycles. The van der Waals surface area contributed by atoms with E-state index in [-0.39, 0.29) is 18.0 Å². The van der Waals surface area contributed by atoms with E-state index in [4.69, 9.17) is 0 Å². The van der Waals surface area contributed by atoms with Gasteiger partial charge in [-0.3, -0.25) is 4.79 Å². The van der Waals surface area contributed by atoms with Crippen molar-refractivity contribution in [2.45, 2.75) is 39.8 Å². The summed E-state index contributed by atoms with van der Waals surface area (Å²) in [6, 6.07) is 8.17.